The molecule has 0 aliphatic heterocycles. The van der Waals surface area contributed by atoms with E-state index in [4.69, 9.17) is 21.1 Å². The molecule has 0 atom stereocenters. The normalized spacial score (nSPS) is 11.1. The first kappa shape index (κ1) is 26.7. The maximum atomic E-state index is 13.4. The number of anilines is 1. The molecule has 7 nitrogen and oxygen atoms in total. The van der Waals surface area contributed by atoms with Gasteiger partial charge in [-0.05, 0) is 42.0 Å². The lowest BCUT2D eigenvalue weighted by Crippen LogP contribution is -2.41. The average Bonchev–Trinajstić information content (AvgIpc) is 2.87. The Labute approximate surface area is 215 Å². The fourth-order valence-electron chi connectivity index (χ4n) is 3.28. The van der Waals surface area contributed by atoms with E-state index in [-0.39, 0.29) is 17.1 Å². The number of halogens is 1. The van der Waals surface area contributed by atoms with Gasteiger partial charge in [-0.3, -0.25) is 9.10 Å². The second-order valence-electron chi connectivity index (χ2n) is 7.40. The highest BCUT2D eigenvalue weighted by atomic mass is 35.5. The molecule has 3 aromatic carbocycles. The van der Waals surface area contributed by atoms with Crippen LogP contribution in [0.3, 0.4) is 0 Å². The van der Waals surface area contributed by atoms with Crippen molar-refractivity contribution in [1.82, 2.24) is 5.32 Å². The number of methoxy groups -OCH3 is 2. The number of amides is 1. The second kappa shape index (κ2) is 12.7. The lowest BCUT2D eigenvalue weighted by molar-refractivity contribution is -0.119. The monoisotopic (exact) mass is 534 g/mol. The van der Waals surface area contributed by atoms with Crippen LogP contribution in [0.1, 0.15) is 5.56 Å². The van der Waals surface area contributed by atoms with E-state index in [0.717, 1.165) is 15.6 Å². The summed E-state index contributed by atoms with van der Waals surface area (Å²) in [5, 5.41) is 3.49. The van der Waals surface area contributed by atoms with Crippen LogP contribution in [0, 0.1) is 0 Å². The lowest BCUT2D eigenvalue weighted by Gasteiger charge is -2.25. The Morgan fingerprint density at radius 1 is 0.971 bits per heavy atom. The zero-order valence-corrected chi connectivity index (χ0v) is 21.8. The first-order chi connectivity index (χ1) is 16.8. The van der Waals surface area contributed by atoms with Crippen molar-refractivity contribution in [1.29, 1.82) is 0 Å². The summed E-state index contributed by atoms with van der Waals surface area (Å²) in [6.45, 7) is 0.0148. The zero-order valence-electron chi connectivity index (χ0n) is 19.4. The van der Waals surface area contributed by atoms with E-state index in [9.17, 15) is 13.2 Å². The molecule has 0 aromatic heterocycles. The largest absolute Gasteiger partial charge is 0.493 e. The Hall–Kier alpha value is -2.88. The molecular formula is C25H27ClN2O5S2. The highest BCUT2D eigenvalue weighted by Gasteiger charge is 2.28. The van der Waals surface area contributed by atoms with Crippen LogP contribution in [0.15, 0.2) is 77.7 Å². The van der Waals surface area contributed by atoms with Gasteiger partial charge < -0.3 is 14.8 Å². The Morgan fingerprint density at radius 3 is 2.40 bits per heavy atom. The fourth-order valence-corrected chi connectivity index (χ4v) is 5.73. The summed E-state index contributed by atoms with van der Waals surface area (Å²) in [5.41, 5.74) is 1.39. The predicted molar refractivity (Wildman–Crippen MR) is 141 cm³/mol. The molecule has 0 aliphatic rings. The average molecular weight is 535 g/mol. The Kier molecular flexibility index (Phi) is 9.71. The third kappa shape index (κ3) is 7.30. The molecule has 0 fully saturated rings. The van der Waals surface area contributed by atoms with Crippen LogP contribution in [0.5, 0.6) is 11.5 Å². The van der Waals surface area contributed by atoms with Crippen molar-refractivity contribution in [3.05, 3.63) is 83.4 Å². The molecule has 0 bridgehead atoms. The molecule has 0 spiro atoms. The molecule has 35 heavy (non-hydrogen) atoms. The SMILES string of the molecule is COc1ccc(N(CC(=O)NCCSCc2cccc(Cl)c2)S(=O)(=O)c2ccccc2)cc1OC. The minimum atomic E-state index is -4.01. The van der Waals surface area contributed by atoms with E-state index in [1.165, 1.54) is 32.4 Å². The minimum absolute atomic E-state index is 0.0830. The number of nitrogens with one attached hydrogen (secondary N) is 1. The van der Waals surface area contributed by atoms with Crippen molar-refractivity contribution in [2.45, 2.75) is 10.6 Å². The van der Waals surface area contributed by atoms with Crippen molar-refractivity contribution in [3.63, 3.8) is 0 Å². The number of nitrogens with zero attached hydrogens (tertiary/aromatic N) is 1. The molecule has 3 rings (SSSR count). The van der Waals surface area contributed by atoms with Gasteiger partial charge in [-0.25, -0.2) is 8.42 Å². The molecule has 1 N–H and O–H groups in total. The van der Waals surface area contributed by atoms with Crippen molar-refractivity contribution in [2.24, 2.45) is 0 Å². The van der Waals surface area contributed by atoms with E-state index in [2.05, 4.69) is 5.32 Å². The van der Waals surface area contributed by atoms with Crippen LogP contribution in [0.4, 0.5) is 5.69 Å². The molecule has 3 aromatic rings. The molecule has 0 aliphatic carbocycles. The highest BCUT2D eigenvalue weighted by Crippen LogP contribution is 2.33. The molecule has 0 saturated heterocycles. The number of thioether (sulfide) groups is 1. The van der Waals surface area contributed by atoms with E-state index in [1.807, 2.05) is 24.3 Å². The lowest BCUT2D eigenvalue weighted by atomic mass is 10.2. The summed E-state index contributed by atoms with van der Waals surface area (Å²) < 4.78 is 38.5. The van der Waals surface area contributed by atoms with Gasteiger partial charge in [-0.2, -0.15) is 11.8 Å². The van der Waals surface area contributed by atoms with Gasteiger partial charge in [0.2, 0.25) is 5.91 Å². The van der Waals surface area contributed by atoms with Crippen molar-refractivity contribution in [3.8, 4) is 11.5 Å². The smallest absolute Gasteiger partial charge is 0.264 e. The molecule has 0 heterocycles. The van der Waals surface area contributed by atoms with Crippen molar-refractivity contribution < 1.29 is 22.7 Å². The second-order valence-corrected chi connectivity index (χ2v) is 10.8. The third-order valence-electron chi connectivity index (χ3n) is 5.00. The van der Waals surface area contributed by atoms with E-state index < -0.39 is 15.9 Å². The van der Waals surface area contributed by atoms with Crippen LogP contribution >= 0.6 is 23.4 Å². The molecule has 0 radical (unpaired) electrons. The molecule has 0 saturated carbocycles. The van der Waals surface area contributed by atoms with Crippen LogP contribution < -0.4 is 19.1 Å². The van der Waals surface area contributed by atoms with Gasteiger partial charge >= 0.3 is 0 Å². The number of sulfonamides is 1. The number of hydrogen-bond acceptors (Lipinski definition) is 6. The molecule has 1 amide bonds. The maximum Gasteiger partial charge on any atom is 0.264 e. The van der Waals surface area contributed by atoms with Crippen LogP contribution in [0.25, 0.3) is 0 Å². The predicted octanol–water partition coefficient (Wildman–Crippen LogP) is 4.60. The number of rotatable bonds is 12. The summed E-state index contributed by atoms with van der Waals surface area (Å²) in [6.07, 6.45) is 0. The number of carbonyl (C=O) groups excluding carboxylic acids is 1. The first-order valence-corrected chi connectivity index (χ1v) is 13.7. The highest BCUT2D eigenvalue weighted by molar-refractivity contribution is 7.98. The standard InChI is InChI=1S/C25H27ClN2O5S2/c1-32-23-12-11-21(16-24(23)33-2)28(35(30,31)22-9-4-3-5-10-22)17-25(29)27-13-14-34-18-19-7-6-8-20(26)15-19/h3-12,15-16H,13-14,17-18H2,1-2H3,(H,27,29). The number of carbonyl (C=O) groups is 1. The summed E-state index contributed by atoms with van der Waals surface area (Å²) in [7, 11) is -1.05. The summed E-state index contributed by atoms with van der Waals surface area (Å²) in [6, 6.07) is 20.3. The van der Waals surface area contributed by atoms with Crippen LogP contribution in [-0.2, 0) is 20.6 Å². The van der Waals surface area contributed by atoms with Gasteiger partial charge in [0.05, 0.1) is 24.8 Å². The van der Waals surface area contributed by atoms with Crippen LogP contribution in [-0.4, -0.2) is 47.4 Å². The number of benzene rings is 3. The van der Waals surface area contributed by atoms with Gasteiger partial charge in [-0.15, -0.1) is 0 Å². The number of ether oxygens (including phenoxy) is 2. The quantitative estimate of drug-likeness (QED) is 0.342. The van der Waals surface area contributed by atoms with E-state index >= 15 is 0 Å². The summed E-state index contributed by atoms with van der Waals surface area (Å²) in [5.74, 6) is 1.82. The molecule has 10 heteroatoms. The molecular weight excluding hydrogens is 508 g/mol. The van der Waals surface area contributed by atoms with Crippen LogP contribution in [0.2, 0.25) is 5.02 Å². The van der Waals surface area contributed by atoms with Gasteiger partial charge in [-0.1, -0.05) is 41.9 Å². The summed E-state index contributed by atoms with van der Waals surface area (Å²) in [4.78, 5) is 12.8. The van der Waals surface area contributed by atoms with Crippen molar-refractivity contribution >= 4 is 45.0 Å². The number of hydrogen-bond donors (Lipinski definition) is 1. The third-order valence-corrected chi connectivity index (χ3v) is 8.05. The maximum absolute atomic E-state index is 13.4. The first-order valence-electron chi connectivity index (χ1n) is 10.7. The topological polar surface area (TPSA) is 84.9 Å². The van der Waals surface area contributed by atoms with E-state index in [0.29, 0.717) is 28.8 Å². The Bertz CT molecular complexity index is 1240. The minimum Gasteiger partial charge on any atom is -0.493 e. The van der Waals surface area contributed by atoms with E-state index in [1.54, 1.807) is 42.1 Å². The van der Waals surface area contributed by atoms with Gasteiger partial charge in [0.25, 0.3) is 10.0 Å². The van der Waals surface area contributed by atoms with Crippen molar-refractivity contribution in [2.75, 3.05) is 37.4 Å². The molecule has 186 valence electrons. The summed E-state index contributed by atoms with van der Waals surface area (Å²) >= 11 is 7.66. The Morgan fingerprint density at radius 2 is 1.71 bits per heavy atom. The zero-order chi connectivity index (χ0) is 25.3. The van der Waals surface area contributed by atoms with Gasteiger partial charge in [0.1, 0.15) is 6.54 Å². The van der Waals surface area contributed by atoms with Gasteiger partial charge in [0, 0.05) is 29.1 Å². The Balaban J connectivity index is 1.70. The molecule has 0 unspecified atom stereocenters. The fraction of sp³-hybridized carbons (Fsp3) is 0.240. The van der Waals surface area contributed by atoms with Gasteiger partial charge in [0.15, 0.2) is 11.5 Å².